The Morgan fingerprint density at radius 2 is 1.39 bits per heavy atom. The van der Waals surface area contributed by atoms with Crippen LogP contribution in [0.1, 0.15) is 31.9 Å². The molecule has 0 radical (unpaired) electrons. The molecule has 0 aliphatic rings. The minimum Gasteiger partial charge on any atom is -0.350 e. The lowest BCUT2D eigenvalue weighted by atomic mass is 10.0. The van der Waals surface area contributed by atoms with E-state index < -0.39 is 34.1 Å². The van der Waals surface area contributed by atoms with Gasteiger partial charge in [-0.25, -0.2) is 8.42 Å². The molecule has 1 atom stereocenters. The summed E-state index contributed by atoms with van der Waals surface area (Å²) >= 11 is 12.4. The molecule has 0 heterocycles. The fourth-order valence-corrected chi connectivity index (χ4v) is 6.41. The first-order valence-corrected chi connectivity index (χ1v) is 16.3. The number of anilines is 1. The van der Waals surface area contributed by atoms with Gasteiger partial charge in [0, 0.05) is 28.5 Å². The monoisotopic (exact) mass is 651 g/mol. The van der Waals surface area contributed by atoms with Gasteiger partial charge in [0.2, 0.25) is 11.8 Å². The summed E-state index contributed by atoms with van der Waals surface area (Å²) in [4.78, 5) is 29.8. The van der Waals surface area contributed by atoms with Crippen molar-refractivity contribution in [2.45, 2.75) is 50.2 Å². The van der Waals surface area contributed by atoms with Crippen LogP contribution in [0, 0.1) is 0 Å². The molecule has 0 unspecified atom stereocenters. The second kappa shape index (κ2) is 14.3. The maximum absolute atomic E-state index is 14.4. The average molecular weight is 653 g/mol. The summed E-state index contributed by atoms with van der Waals surface area (Å²) in [6.07, 6.45) is 0.213. The Kier molecular flexibility index (Phi) is 10.7. The third kappa shape index (κ3) is 8.85. The molecule has 0 aliphatic carbocycles. The Morgan fingerprint density at radius 3 is 1.98 bits per heavy atom. The molecule has 4 aromatic carbocycles. The molecule has 230 valence electrons. The number of sulfonamides is 1. The Balaban J connectivity index is 1.81. The smallest absolute Gasteiger partial charge is 0.264 e. The number of nitrogens with one attached hydrogen (secondary N) is 1. The third-order valence-electron chi connectivity index (χ3n) is 6.74. The van der Waals surface area contributed by atoms with Crippen molar-refractivity contribution in [3.63, 3.8) is 0 Å². The van der Waals surface area contributed by atoms with Crippen LogP contribution in [0.5, 0.6) is 0 Å². The first-order chi connectivity index (χ1) is 20.8. The van der Waals surface area contributed by atoms with Gasteiger partial charge in [0.25, 0.3) is 10.0 Å². The Hall–Kier alpha value is -3.85. The van der Waals surface area contributed by atoms with Gasteiger partial charge < -0.3 is 10.2 Å². The molecule has 2 amide bonds. The van der Waals surface area contributed by atoms with Crippen LogP contribution in [0.3, 0.4) is 0 Å². The van der Waals surface area contributed by atoms with Crippen LogP contribution in [0.25, 0.3) is 0 Å². The molecule has 10 heteroatoms. The highest BCUT2D eigenvalue weighted by Gasteiger charge is 2.35. The average Bonchev–Trinajstić information content (AvgIpc) is 2.98. The van der Waals surface area contributed by atoms with Gasteiger partial charge in [-0.3, -0.25) is 13.9 Å². The highest BCUT2D eigenvalue weighted by Crippen LogP contribution is 2.27. The zero-order valence-electron chi connectivity index (χ0n) is 24.8. The summed E-state index contributed by atoms with van der Waals surface area (Å²) in [7, 11) is -4.20. The van der Waals surface area contributed by atoms with E-state index >= 15 is 0 Å². The Morgan fingerprint density at radius 1 is 0.773 bits per heavy atom. The van der Waals surface area contributed by atoms with Crippen LogP contribution >= 0.6 is 23.2 Å². The second-order valence-corrected chi connectivity index (χ2v) is 14.1. The standard InChI is InChI=1S/C34H35Cl2N3O4S/c1-34(2,3)37-33(41)31(21-25-11-6-4-7-12-25)38(23-26-17-19-27(35)20-18-26)32(40)24-39(29-14-10-13-28(36)22-29)44(42,43)30-15-8-5-9-16-30/h4-20,22,31H,21,23-24H2,1-3H3,(H,37,41)/t31-/m0/s1. The van der Waals surface area contributed by atoms with Crippen LogP contribution in [0.15, 0.2) is 114 Å². The first-order valence-electron chi connectivity index (χ1n) is 14.1. The molecule has 0 aromatic heterocycles. The van der Waals surface area contributed by atoms with Crippen molar-refractivity contribution in [1.29, 1.82) is 0 Å². The molecule has 4 aromatic rings. The molecule has 0 saturated heterocycles. The number of carbonyl (C=O) groups is 2. The lowest BCUT2D eigenvalue weighted by molar-refractivity contribution is -0.140. The molecule has 0 fully saturated rings. The van der Waals surface area contributed by atoms with Crippen molar-refractivity contribution < 1.29 is 18.0 Å². The summed E-state index contributed by atoms with van der Waals surface area (Å²) in [5.41, 5.74) is 1.22. The fraction of sp³-hybridized carbons (Fsp3) is 0.235. The molecule has 0 bridgehead atoms. The number of amides is 2. The zero-order chi connectivity index (χ0) is 31.9. The fourth-order valence-electron chi connectivity index (χ4n) is 4.67. The second-order valence-electron chi connectivity index (χ2n) is 11.4. The SMILES string of the molecule is CC(C)(C)NC(=O)[C@H](Cc1ccccc1)N(Cc1ccc(Cl)cc1)C(=O)CN(c1cccc(Cl)c1)S(=O)(=O)c1ccccc1. The Labute approximate surface area is 269 Å². The van der Waals surface area contributed by atoms with Crippen LogP contribution in [-0.4, -0.2) is 43.3 Å². The number of hydrogen-bond acceptors (Lipinski definition) is 4. The van der Waals surface area contributed by atoms with Crippen molar-refractivity contribution >= 4 is 50.7 Å². The van der Waals surface area contributed by atoms with Gasteiger partial charge in [0.1, 0.15) is 12.6 Å². The number of benzene rings is 4. The van der Waals surface area contributed by atoms with Crippen molar-refractivity contribution in [1.82, 2.24) is 10.2 Å². The van der Waals surface area contributed by atoms with E-state index in [0.29, 0.717) is 10.0 Å². The summed E-state index contributed by atoms with van der Waals surface area (Å²) in [5.74, 6) is -0.923. The zero-order valence-corrected chi connectivity index (χ0v) is 27.1. The molecular weight excluding hydrogens is 617 g/mol. The van der Waals surface area contributed by atoms with Crippen LogP contribution < -0.4 is 9.62 Å². The quantitative estimate of drug-likeness (QED) is 0.194. The maximum Gasteiger partial charge on any atom is 0.264 e. The van der Waals surface area contributed by atoms with E-state index in [2.05, 4.69) is 5.32 Å². The largest absolute Gasteiger partial charge is 0.350 e. The predicted octanol–water partition coefficient (Wildman–Crippen LogP) is 6.74. The number of halogens is 2. The van der Waals surface area contributed by atoms with Crippen LogP contribution in [0.2, 0.25) is 10.0 Å². The first kappa shape index (κ1) is 33.1. The van der Waals surface area contributed by atoms with Gasteiger partial charge in [-0.2, -0.15) is 0 Å². The minimum absolute atomic E-state index is 0.0170. The summed E-state index contributed by atoms with van der Waals surface area (Å²) < 4.78 is 29.0. The molecule has 0 spiro atoms. The van der Waals surface area contributed by atoms with E-state index in [4.69, 9.17) is 23.2 Å². The topological polar surface area (TPSA) is 86.8 Å². The van der Waals surface area contributed by atoms with E-state index in [0.717, 1.165) is 15.4 Å². The highest BCUT2D eigenvalue weighted by molar-refractivity contribution is 7.92. The Bertz CT molecular complexity index is 1680. The predicted molar refractivity (Wildman–Crippen MR) is 176 cm³/mol. The van der Waals surface area contributed by atoms with E-state index in [9.17, 15) is 18.0 Å². The highest BCUT2D eigenvalue weighted by atomic mass is 35.5. The van der Waals surface area contributed by atoms with Gasteiger partial charge in [-0.15, -0.1) is 0 Å². The van der Waals surface area contributed by atoms with E-state index in [1.54, 1.807) is 60.7 Å². The van der Waals surface area contributed by atoms with Crippen LogP contribution in [-0.2, 0) is 32.6 Å². The van der Waals surface area contributed by atoms with Gasteiger partial charge in [-0.1, -0.05) is 89.9 Å². The van der Waals surface area contributed by atoms with Gasteiger partial charge in [0.05, 0.1) is 10.6 Å². The van der Waals surface area contributed by atoms with E-state index in [1.165, 1.54) is 23.1 Å². The number of rotatable bonds is 11. The normalized spacial score (nSPS) is 12.3. The molecule has 7 nitrogen and oxygen atoms in total. The molecule has 4 rings (SSSR count). The van der Waals surface area contributed by atoms with E-state index in [-0.39, 0.29) is 29.5 Å². The lowest BCUT2D eigenvalue weighted by Crippen LogP contribution is -2.56. The molecule has 0 aliphatic heterocycles. The minimum atomic E-state index is -4.20. The summed E-state index contributed by atoms with van der Waals surface area (Å²) in [6, 6.07) is 29.6. The van der Waals surface area contributed by atoms with Crippen molar-refractivity contribution in [3.8, 4) is 0 Å². The summed E-state index contributed by atoms with van der Waals surface area (Å²) in [6.45, 7) is 5.06. The summed E-state index contributed by atoms with van der Waals surface area (Å²) in [5, 5.41) is 3.85. The maximum atomic E-state index is 14.4. The van der Waals surface area contributed by atoms with Crippen LogP contribution in [0.4, 0.5) is 5.69 Å². The molecule has 1 N–H and O–H groups in total. The van der Waals surface area contributed by atoms with Crippen molar-refractivity contribution in [2.75, 3.05) is 10.8 Å². The van der Waals surface area contributed by atoms with Gasteiger partial charge in [0.15, 0.2) is 0 Å². The number of hydrogen-bond donors (Lipinski definition) is 1. The number of nitrogens with zero attached hydrogens (tertiary/aromatic N) is 2. The molecule has 44 heavy (non-hydrogen) atoms. The van der Waals surface area contributed by atoms with Crippen molar-refractivity contribution in [3.05, 3.63) is 130 Å². The van der Waals surface area contributed by atoms with Gasteiger partial charge >= 0.3 is 0 Å². The van der Waals surface area contributed by atoms with E-state index in [1.807, 2.05) is 51.1 Å². The third-order valence-corrected chi connectivity index (χ3v) is 9.02. The number of carbonyl (C=O) groups excluding carboxylic acids is 2. The molecular formula is C34H35Cl2N3O4S. The molecule has 0 saturated carbocycles. The van der Waals surface area contributed by atoms with Crippen molar-refractivity contribution in [2.24, 2.45) is 0 Å². The van der Waals surface area contributed by atoms with Gasteiger partial charge in [-0.05, 0) is 74.4 Å². The lowest BCUT2D eigenvalue weighted by Gasteiger charge is -2.35.